The van der Waals surface area contributed by atoms with Gasteiger partial charge in [0.15, 0.2) is 11.6 Å². The number of nitrogen functional groups attached to an aromatic ring is 1. The summed E-state index contributed by atoms with van der Waals surface area (Å²) < 4.78 is 26.8. The van der Waals surface area contributed by atoms with E-state index in [1.165, 1.54) is 12.1 Å². The Kier molecular flexibility index (Phi) is 4.38. The van der Waals surface area contributed by atoms with Gasteiger partial charge in [-0.15, -0.1) is 0 Å². The standard InChI is InChI=1S/C16H18F2N4O/c17-12-3-1-2-10(15(12)18)4-6-22-7-5-11(9-22)13-8-14(23)21-16(19)20-13/h1-3,8,11H,4-7,9H2,(H3,19,20,21,23). The molecule has 23 heavy (non-hydrogen) atoms. The highest BCUT2D eigenvalue weighted by Gasteiger charge is 2.25. The Bertz CT molecular complexity index is 762. The molecular formula is C16H18F2N4O. The fourth-order valence-electron chi connectivity index (χ4n) is 3.00. The number of rotatable bonds is 4. The monoisotopic (exact) mass is 320 g/mol. The van der Waals surface area contributed by atoms with E-state index in [0.29, 0.717) is 24.2 Å². The molecule has 1 aliphatic rings. The minimum absolute atomic E-state index is 0.118. The van der Waals surface area contributed by atoms with Crippen molar-refractivity contribution in [2.45, 2.75) is 18.8 Å². The zero-order valence-corrected chi connectivity index (χ0v) is 12.6. The predicted molar refractivity (Wildman–Crippen MR) is 83.1 cm³/mol. The normalized spacial score (nSPS) is 18.4. The van der Waals surface area contributed by atoms with Crippen molar-refractivity contribution in [1.29, 1.82) is 0 Å². The highest BCUT2D eigenvalue weighted by Crippen LogP contribution is 2.25. The highest BCUT2D eigenvalue weighted by molar-refractivity contribution is 5.21. The highest BCUT2D eigenvalue weighted by atomic mass is 19.2. The first-order chi connectivity index (χ1) is 11.0. The molecule has 1 aliphatic heterocycles. The van der Waals surface area contributed by atoms with Gasteiger partial charge in [-0.25, -0.2) is 13.8 Å². The number of nitrogens with two attached hydrogens (primary N) is 1. The quantitative estimate of drug-likeness (QED) is 0.898. The van der Waals surface area contributed by atoms with Crippen LogP contribution < -0.4 is 11.3 Å². The molecule has 3 N–H and O–H groups in total. The maximum absolute atomic E-state index is 13.7. The summed E-state index contributed by atoms with van der Waals surface area (Å²) in [5.74, 6) is -1.33. The molecule has 3 rings (SSSR count). The summed E-state index contributed by atoms with van der Waals surface area (Å²) in [5, 5.41) is 0. The van der Waals surface area contributed by atoms with E-state index in [4.69, 9.17) is 5.73 Å². The molecule has 1 atom stereocenters. The summed E-state index contributed by atoms with van der Waals surface area (Å²) in [4.78, 5) is 20.2. The summed E-state index contributed by atoms with van der Waals surface area (Å²) in [7, 11) is 0. The summed E-state index contributed by atoms with van der Waals surface area (Å²) in [6.45, 7) is 2.19. The third kappa shape index (κ3) is 3.56. The number of anilines is 1. The Morgan fingerprint density at radius 3 is 3.00 bits per heavy atom. The Morgan fingerprint density at radius 2 is 2.22 bits per heavy atom. The minimum Gasteiger partial charge on any atom is -0.369 e. The Labute approximate surface area is 132 Å². The number of hydrogen-bond donors (Lipinski definition) is 2. The van der Waals surface area contributed by atoms with Crippen LogP contribution in [0, 0.1) is 11.6 Å². The summed E-state index contributed by atoms with van der Waals surface area (Å²) >= 11 is 0. The first-order valence-electron chi connectivity index (χ1n) is 7.55. The van der Waals surface area contributed by atoms with Crippen molar-refractivity contribution < 1.29 is 8.78 Å². The molecule has 122 valence electrons. The van der Waals surface area contributed by atoms with Gasteiger partial charge in [0.05, 0.1) is 5.69 Å². The van der Waals surface area contributed by atoms with Crippen molar-refractivity contribution in [2.75, 3.05) is 25.4 Å². The average molecular weight is 320 g/mol. The van der Waals surface area contributed by atoms with E-state index in [0.717, 1.165) is 25.6 Å². The minimum atomic E-state index is -0.815. The lowest BCUT2D eigenvalue weighted by Crippen LogP contribution is -2.24. The van der Waals surface area contributed by atoms with Crippen LogP contribution >= 0.6 is 0 Å². The lowest BCUT2D eigenvalue weighted by Gasteiger charge is -2.16. The molecule has 0 aliphatic carbocycles. The van der Waals surface area contributed by atoms with Crippen molar-refractivity contribution in [3.63, 3.8) is 0 Å². The molecule has 0 saturated carbocycles. The lowest BCUT2D eigenvalue weighted by molar-refractivity contribution is 0.335. The van der Waals surface area contributed by atoms with Crippen LogP contribution in [0.1, 0.15) is 23.6 Å². The van der Waals surface area contributed by atoms with E-state index in [9.17, 15) is 13.6 Å². The van der Waals surface area contributed by atoms with Crippen LogP contribution in [0.2, 0.25) is 0 Å². The molecule has 1 aromatic carbocycles. The van der Waals surface area contributed by atoms with Crippen LogP contribution in [0.5, 0.6) is 0 Å². The van der Waals surface area contributed by atoms with Gasteiger partial charge in [0, 0.05) is 25.1 Å². The van der Waals surface area contributed by atoms with Crippen molar-refractivity contribution in [2.24, 2.45) is 0 Å². The number of hydrogen-bond acceptors (Lipinski definition) is 4. The molecule has 0 spiro atoms. The van der Waals surface area contributed by atoms with Crippen LogP contribution in [0.15, 0.2) is 29.1 Å². The molecule has 7 heteroatoms. The van der Waals surface area contributed by atoms with Gasteiger partial charge < -0.3 is 10.6 Å². The van der Waals surface area contributed by atoms with Crippen molar-refractivity contribution in [3.8, 4) is 0 Å². The van der Waals surface area contributed by atoms with Gasteiger partial charge in [0.25, 0.3) is 5.56 Å². The van der Waals surface area contributed by atoms with Gasteiger partial charge in [0.2, 0.25) is 5.95 Å². The Hall–Kier alpha value is -2.28. The molecule has 1 unspecified atom stereocenters. The zero-order valence-electron chi connectivity index (χ0n) is 12.6. The van der Waals surface area contributed by atoms with Gasteiger partial charge in [-0.2, -0.15) is 0 Å². The van der Waals surface area contributed by atoms with Gasteiger partial charge >= 0.3 is 0 Å². The van der Waals surface area contributed by atoms with E-state index in [-0.39, 0.29) is 17.4 Å². The molecule has 0 radical (unpaired) electrons. The van der Waals surface area contributed by atoms with Crippen LogP contribution in [0.25, 0.3) is 0 Å². The van der Waals surface area contributed by atoms with Crippen molar-refractivity contribution in [1.82, 2.24) is 14.9 Å². The third-order valence-electron chi connectivity index (χ3n) is 4.20. The van der Waals surface area contributed by atoms with E-state index < -0.39 is 11.6 Å². The fourth-order valence-corrected chi connectivity index (χ4v) is 3.00. The summed E-state index contributed by atoms with van der Waals surface area (Å²) in [6, 6.07) is 5.71. The van der Waals surface area contributed by atoms with Crippen LogP contribution in [0.4, 0.5) is 14.7 Å². The topological polar surface area (TPSA) is 75.0 Å². The number of nitrogens with zero attached hydrogens (tertiary/aromatic N) is 2. The number of H-pyrrole nitrogens is 1. The largest absolute Gasteiger partial charge is 0.369 e. The molecule has 0 amide bonds. The first-order valence-corrected chi connectivity index (χ1v) is 7.55. The SMILES string of the molecule is Nc1nc(C2CCN(CCc3cccc(F)c3F)C2)cc(=O)[nH]1. The molecule has 2 aromatic rings. The second kappa shape index (κ2) is 6.45. The number of likely N-dealkylation sites (tertiary alicyclic amines) is 1. The maximum Gasteiger partial charge on any atom is 0.252 e. The molecule has 2 heterocycles. The van der Waals surface area contributed by atoms with E-state index in [2.05, 4.69) is 14.9 Å². The molecular weight excluding hydrogens is 302 g/mol. The lowest BCUT2D eigenvalue weighted by atomic mass is 10.1. The third-order valence-corrected chi connectivity index (χ3v) is 4.20. The number of nitrogens with one attached hydrogen (secondary N) is 1. The van der Waals surface area contributed by atoms with Crippen LogP contribution in [-0.4, -0.2) is 34.5 Å². The second-order valence-electron chi connectivity index (χ2n) is 5.80. The number of aromatic nitrogens is 2. The smallest absolute Gasteiger partial charge is 0.252 e. The van der Waals surface area contributed by atoms with Crippen LogP contribution in [-0.2, 0) is 6.42 Å². The molecule has 1 aromatic heterocycles. The van der Waals surface area contributed by atoms with E-state index >= 15 is 0 Å². The Balaban J connectivity index is 1.62. The van der Waals surface area contributed by atoms with E-state index in [1.807, 2.05) is 0 Å². The summed E-state index contributed by atoms with van der Waals surface area (Å²) in [6.07, 6.45) is 1.31. The Morgan fingerprint density at radius 1 is 1.39 bits per heavy atom. The van der Waals surface area contributed by atoms with Gasteiger partial charge in [-0.3, -0.25) is 9.78 Å². The van der Waals surface area contributed by atoms with Crippen molar-refractivity contribution >= 4 is 5.95 Å². The fraction of sp³-hybridized carbons (Fsp3) is 0.375. The predicted octanol–water partition coefficient (Wildman–Crippen LogP) is 1.66. The second-order valence-corrected chi connectivity index (χ2v) is 5.80. The van der Waals surface area contributed by atoms with Gasteiger partial charge in [-0.05, 0) is 31.0 Å². The van der Waals surface area contributed by atoms with Crippen LogP contribution in [0.3, 0.4) is 0 Å². The molecule has 1 fully saturated rings. The van der Waals surface area contributed by atoms with Gasteiger partial charge in [-0.1, -0.05) is 12.1 Å². The number of aromatic amines is 1. The molecule has 5 nitrogen and oxygen atoms in total. The van der Waals surface area contributed by atoms with Gasteiger partial charge in [0.1, 0.15) is 0 Å². The zero-order chi connectivity index (χ0) is 16.4. The average Bonchev–Trinajstić information content (AvgIpc) is 2.97. The number of benzene rings is 1. The summed E-state index contributed by atoms with van der Waals surface area (Å²) in [5.41, 5.74) is 6.38. The molecule has 0 bridgehead atoms. The number of halogens is 2. The van der Waals surface area contributed by atoms with E-state index in [1.54, 1.807) is 6.07 Å². The first kappa shape index (κ1) is 15.6. The molecule has 1 saturated heterocycles. The maximum atomic E-state index is 13.7. The van der Waals surface area contributed by atoms with Crippen molar-refractivity contribution in [3.05, 3.63) is 57.5 Å².